The first kappa shape index (κ1) is 23.8. The van der Waals surface area contributed by atoms with E-state index in [2.05, 4.69) is 57.5 Å². The van der Waals surface area contributed by atoms with Crippen molar-refractivity contribution in [2.24, 2.45) is 0 Å². The van der Waals surface area contributed by atoms with Gasteiger partial charge in [0.2, 0.25) is 5.88 Å². The molecule has 0 atom stereocenters. The maximum atomic E-state index is 5.67. The summed E-state index contributed by atoms with van der Waals surface area (Å²) in [5.74, 6) is 2.13. The van der Waals surface area contributed by atoms with Crippen LogP contribution in [0.4, 0.5) is 23.0 Å². The summed E-state index contributed by atoms with van der Waals surface area (Å²) in [6.07, 6.45) is 3.71. The summed E-state index contributed by atoms with van der Waals surface area (Å²) in [7, 11) is 4.12. The molecule has 0 unspecified atom stereocenters. The number of nitrogens with zero attached hydrogens (tertiary/aromatic N) is 6. The number of morpholine rings is 1. The molecule has 2 N–H and O–H groups in total. The number of hydrogen-bond acceptors (Lipinski definition) is 11. The zero-order valence-corrected chi connectivity index (χ0v) is 22.1. The second kappa shape index (κ2) is 10.1. The Kier molecular flexibility index (Phi) is 6.49. The highest BCUT2D eigenvalue weighted by molar-refractivity contribution is 7.21. The molecule has 0 aromatic carbocycles. The van der Waals surface area contributed by atoms with Crippen molar-refractivity contribution in [2.75, 3.05) is 69.1 Å². The lowest BCUT2D eigenvalue weighted by molar-refractivity contribution is 0.122. The second-order valence-corrected chi connectivity index (χ2v) is 10.5. The Labute approximate surface area is 219 Å². The molecule has 1 saturated heterocycles. The first-order valence-electron chi connectivity index (χ1n) is 12.4. The van der Waals surface area contributed by atoms with Crippen LogP contribution in [-0.2, 0) is 11.3 Å². The Bertz CT molecular complexity index is 1430. The van der Waals surface area contributed by atoms with Crippen LogP contribution < -0.4 is 20.3 Å². The Balaban J connectivity index is 1.27. The van der Waals surface area contributed by atoms with E-state index in [-0.39, 0.29) is 0 Å². The van der Waals surface area contributed by atoms with Gasteiger partial charge in [-0.05, 0) is 38.7 Å². The standard InChI is InChI=1S/C26H30N8O2S/c1-16-17(13-29-25-24(16)27-6-9-36-25)26-31-18-12-23(28-14-21(18)37-26)32-22-5-4-20(19(30-22)15-33(2)3)34-7-10-35-11-8-34/h4-5,12-14,27H,6-11,15H2,1-3H3,(H,28,30,32). The molecular formula is C26H30N8O2S. The van der Waals surface area contributed by atoms with Crippen LogP contribution in [0.3, 0.4) is 0 Å². The molecule has 0 amide bonds. The summed E-state index contributed by atoms with van der Waals surface area (Å²) < 4.78 is 12.2. The molecule has 0 aliphatic carbocycles. The van der Waals surface area contributed by atoms with Gasteiger partial charge in [0.05, 0.1) is 34.8 Å². The van der Waals surface area contributed by atoms with Crippen LogP contribution in [0.15, 0.2) is 30.6 Å². The van der Waals surface area contributed by atoms with Crippen molar-refractivity contribution in [2.45, 2.75) is 13.5 Å². The first-order valence-corrected chi connectivity index (χ1v) is 13.2. The highest BCUT2D eigenvalue weighted by Gasteiger charge is 2.20. The molecule has 2 aliphatic heterocycles. The number of hydrogen-bond donors (Lipinski definition) is 2. The van der Waals surface area contributed by atoms with Gasteiger partial charge < -0.3 is 29.9 Å². The predicted octanol–water partition coefficient (Wildman–Crippen LogP) is 3.90. The Hall–Kier alpha value is -3.54. The van der Waals surface area contributed by atoms with Crippen molar-refractivity contribution in [3.63, 3.8) is 0 Å². The number of aromatic nitrogens is 4. The summed E-state index contributed by atoms with van der Waals surface area (Å²) in [4.78, 5) is 23.5. The zero-order valence-electron chi connectivity index (χ0n) is 21.2. The quantitative estimate of drug-likeness (QED) is 0.391. The second-order valence-electron chi connectivity index (χ2n) is 9.43. The zero-order chi connectivity index (χ0) is 25.4. The lowest BCUT2D eigenvalue weighted by atomic mass is 10.1. The van der Waals surface area contributed by atoms with Crippen LogP contribution in [0.25, 0.3) is 20.8 Å². The molecule has 11 heteroatoms. The molecule has 37 heavy (non-hydrogen) atoms. The van der Waals surface area contributed by atoms with Gasteiger partial charge in [-0.15, -0.1) is 11.3 Å². The van der Waals surface area contributed by atoms with E-state index in [1.54, 1.807) is 11.3 Å². The fourth-order valence-corrected chi connectivity index (χ4v) is 5.64. The van der Waals surface area contributed by atoms with Crippen LogP contribution in [0.5, 0.6) is 5.88 Å². The number of pyridine rings is 3. The van der Waals surface area contributed by atoms with Gasteiger partial charge in [0.1, 0.15) is 28.9 Å². The molecular weight excluding hydrogens is 488 g/mol. The van der Waals surface area contributed by atoms with E-state index in [0.29, 0.717) is 18.3 Å². The van der Waals surface area contributed by atoms with Crippen molar-refractivity contribution in [1.82, 2.24) is 24.8 Å². The van der Waals surface area contributed by atoms with Gasteiger partial charge in [-0.1, -0.05) is 0 Å². The molecule has 0 bridgehead atoms. The molecule has 0 spiro atoms. The summed E-state index contributed by atoms with van der Waals surface area (Å²) in [6.45, 7) is 7.46. The maximum Gasteiger partial charge on any atom is 0.237 e. The lowest BCUT2D eigenvalue weighted by Gasteiger charge is -2.31. The average Bonchev–Trinajstić information content (AvgIpc) is 3.32. The molecule has 6 heterocycles. The third-order valence-corrected chi connectivity index (χ3v) is 7.52. The lowest BCUT2D eigenvalue weighted by Crippen LogP contribution is -2.37. The molecule has 10 nitrogen and oxygen atoms in total. The molecule has 0 saturated carbocycles. The monoisotopic (exact) mass is 518 g/mol. The van der Waals surface area contributed by atoms with Gasteiger partial charge in [0.25, 0.3) is 0 Å². The predicted molar refractivity (Wildman–Crippen MR) is 147 cm³/mol. The van der Waals surface area contributed by atoms with Crippen molar-refractivity contribution in [3.05, 3.63) is 41.9 Å². The molecule has 1 fully saturated rings. The van der Waals surface area contributed by atoms with Crippen LogP contribution in [0, 0.1) is 6.92 Å². The number of fused-ring (bicyclic) bond motifs is 2. The Morgan fingerprint density at radius 3 is 2.78 bits per heavy atom. The maximum absolute atomic E-state index is 5.67. The van der Waals surface area contributed by atoms with E-state index < -0.39 is 0 Å². The van der Waals surface area contributed by atoms with Gasteiger partial charge >= 0.3 is 0 Å². The highest BCUT2D eigenvalue weighted by atomic mass is 32.1. The highest BCUT2D eigenvalue weighted by Crippen LogP contribution is 2.38. The van der Waals surface area contributed by atoms with Gasteiger partial charge in [-0.3, -0.25) is 0 Å². The number of rotatable bonds is 6. The van der Waals surface area contributed by atoms with E-state index >= 15 is 0 Å². The van der Waals surface area contributed by atoms with Crippen molar-refractivity contribution < 1.29 is 9.47 Å². The first-order chi connectivity index (χ1) is 18.0. The topological polar surface area (TPSA) is 101 Å². The van der Waals surface area contributed by atoms with E-state index in [0.717, 1.165) is 88.6 Å². The van der Waals surface area contributed by atoms with Crippen molar-refractivity contribution in [1.29, 1.82) is 0 Å². The van der Waals surface area contributed by atoms with Crippen molar-refractivity contribution in [3.8, 4) is 16.5 Å². The summed E-state index contributed by atoms with van der Waals surface area (Å²) in [6, 6.07) is 6.13. The Morgan fingerprint density at radius 1 is 1.08 bits per heavy atom. The molecule has 192 valence electrons. The molecule has 2 aliphatic rings. The van der Waals surface area contributed by atoms with Crippen molar-refractivity contribution >= 4 is 44.6 Å². The third-order valence-electron chi connectivity index (χ3n) is 6.48. The van der Waals surface area contributed by atoms with Gasteiger partial charge in [-0.25, -0.2) is 19.9 Å². The fourth-order valence-electron chi connectivity index (χ4n) is 4.66. The number of anilines is 4. The van der Waals surface area contributed by atoms with Gasteiger partial charge in [0, 0.05) is 50.2 Å². The summed E-state index contributed by atoms with van der Waals surface area (Å²) >= 11 is 1.61. The molecule has 0 radical (unpaired) electrons. The summed E-state index contributed by atoms with van der Waals surface area (Å²) in [5, 5.41) is 7.70. The van der Waals surface area contributed by atoms with Crippen LogP contribution >= 0.6 is 11.3 Å². The molecule has 4 aromatic rings. The van der Waals surface area contributed by atoms with Crippen LogP contribution in [0.1, 0.15) is 11.3 Å². The van der Waals surface area contributed by atoms with Gasteiger partial charge in [0.15, 0.2) is 0 Å². The smallest absolute Gasteiger partial charge is 0.237 e. The number of thiazole rings is 1. The molecule has 6 rings (SSSR count). The van der Waals surface area contributed by atoms with Crippen LogP contribution in [-0.4, -0.2) is 78.4 Å². The normalized spacial score (nSPS) is 15.4. The summed E-state index contributed by atoms with van der Waals surface area (Å²) in [5.41, 5.74) is 6.11. The van der Waals surface area contributed by atoms with E-state index in [1.165, 1.54) is 0 Å². The SMILES string of the molecule is Cc1c(-c2nc3cc(Nc4ccc(N5CCOCC5)c(CN(C)C)n4)ncc3s2)cnc2c1NCCO2. The minimum atomic E-state index is 0.628. The minimum absolute atomic E-state index is 0.628. The minimum Gasteiger partial charge on any atom is -0.474 e. The van der Waals surface area contributed by atoms with Gasteiger partial charge in [-0.2, -0.15) is 0 Å². The van der Waals surface area contributed by atoms with E-state index in [9.17, 15) is 0 Å². The van der Waals surface area contributed by atoms with E-state index in [1.807, 2.05) is 24.5 Å². The fraction of sp³-hybridized carbons (Fsp3) is 0.385. The van der Waals surface area contributed by atoms with E-state index in [4.69, 9.17) is 19.4 Å². The van der Waals surface area contributed by atoms with Crippen LogP contribution in [0.2, 0.25) is 0 Å². The Morgan fingerprint density at radius 2 is 1.95 bits per heavy atom. The average molecular weight is 519 g/mol. The largest absolute Gasteiger partial charge is 0.474 e. The number of nitrogens with one attached hydrogen (secondary N) is 2. The third kappa shape index (κ3) is 4.89. The molecule has 4 aromatic heterocycles. The number of ether oxygens (including phenoxy) is 2.